The van der Waals surface area contributed by atoms with Gasteiger partial charge in [-0.2, -0.15) is 0 Å². The molecule has 1 saturated heterocycles. The molecule has 4 fully saturated rings. The maximum Gasteiger partial charge on any atom is 0.103 e. The molecular weight excluding hydrogens is 188 g/mol. The van der Waals surface area contributed by atoms with Gasteiger partial charge in [0, 0.05) is 5.92 Å². The highest BCUT2D eigenvalue weighted by Gasteiger charge is 2.77. The van der Waals surface area contributed by atoms with Gasteiger partial charge >= 0.3 is 0 Å². The molecule has 0 aromatic heterocycles. The molecule has 0 spiro atoms. The van der Waals surface area contributed by atoms with Crippen LogP contribution in [0, 0.1) is 11.8 Å². The van der Waals surface area contributed by atoms with Gasteiger partial charge in [-0.15, -0.1) is 0 Å². The van der Waals surface area contributed by atoms with Crippen molar-refractivity contribution in [3.8, 4) is 0 Å². The summed E-state index contributed by atoms with van der Waals surface area (Å²) >= 11 is 0. The van der Waals surface area contributed by atoms with Crippen molar-refractivity contribution in [2.24, 2.45) is 11.8 Å². The minimum Gasteiger partial charge on any atom is -0.392 e. The molecule has 84 valence electrons. The second-order valence-electron chi connectivity index (χ2n) is 6.19. The van der Waals surface area contributed by atoms with Gasteiger partial charge in [0.2, 0.25) is 0 Å². The maximum absolute atomic E-state index is 10.3. The summed E-state index contributed by atoms with van der Waals surface area (Å²) in [5.74, 6) is 1.03. The number of rotatable bonds is 0. The van der Waals surface area contributed by atoms with Gasteiger partial charge in [-0.3, -0.25) is 0 Å². The molecule has 2 bridgehead atoms. The van der Waals surface area contributed by atoms with Gasteiger partial charge in [-0.1, -0.05) is 19.3 Å². The van der Waals surface area contributed by atoms with E-state index in [-0.39, 0.29) is 17.3 Å². The molecule has 1 unspecified atom stereocenters. The Hall–Kier alpha value is -0.0800. The summed E-state index contributed by atoms with van der Waals surface area (Å²) in [6.45, 7) is 0. The zero-order valence-electron chi connectivity index (χ0n) is 9.24. The molecule has 0 amide bonds. The lowest BCUT2D eigenvalue weighted by atomic mass is 9.57. The summed E-state index contributed by atoms with van der Waals surface area (Å²) in [7, 11) is 0. The third-order valence-corrected chi connectivity index (χ3v) is 5.66. The number of epoxide rings is 1. The maximum atomic E-state index is 10.3. The Labute approximate surface area is 91.0 Å². The zero-order chi connectivity index (χ0) is 10.1. The van der Waals surface area contributed by atoms with Gasteiger partial charge in [0.1, 0.15) is 5.60 Å². The van der Waals surface area contributed by atoms with Crippen LogP contribution in [0.15, 0.2) is 0 Å². The average molecular weight is 208 g/mol. The fourth-order valence-electron chi connectivity index (χ4n) is 5.00. The monoisotopic (exact) mass is 208 g/mol. The van der Waals surface area contributed by atoms with Crippen molar-refractivity contribution in [3.63, 3.8) is 0 Å². The minimum absolute atomic E-state index is 0.0486. The largest absolute Gasteiger partial charge is 0.392 e. The lowest BCUT2D eigenvalue weighted by Gasteiger charge is -2.46. The second-order valence-corrected chi connectivity index (χ2v) is 6.19. The fourth-order valence-corrected chi connectivity index (χ4v) is 5.00. The van der Waals surface area contributed by atoms with E-state index in [9.17, 15) is 5.11 Å². The zero-order valence-corrected chi connectivity index (χ0v) is 9.24. The molecule has 0 radical (unpaired) electrons. The summed E-state index contributed by atoms with van der Waals surface area (Å²) in [5, 5.41) is 10.3. The van der Waals surface area contributed by atoms with Crippen LogP contribution in [0.2, 0.25) is 0 Å². The molecule has 0 aromatic rings. The number of fused-ring (bicyclic) bond motifs is 2. The first-order valence-electron chi connectivity index (χ1n) is 6.66. The number of aliphatic hydroxyl groups excluding tert-OH is 1. The Kier molecular flexibility index (Phi) is 1.56. The van der Waals surface area contributed by atoms with Gasteiger partial charge < -0.3 is 9.84 Å². The van der Waals surface area contributed by atoms with Crippen molar-refractivity contribution in [3.05, 3.63) is 0 Å². The lowest BCUT2D eigenvalue weighted by molar-refractivity contribution is -0.0447. The van der Waals surface area contributed by atoms with Gasteiger partial charge in [-0.05, 0) is 38.0 Å². The summed E-state index contributed by atoms with van der Waals surface area (Å²) in [6, 6.07) is 0. The topological polar surface area (TPSA) is 32.8 Å². The standard InChI is InChI=1S/C13H20O2/c14-11-9-4-3-5-10(11)13-7-2-1-6-12(13,8-9)15-13/h9-11,14H,1-8H2/t9?,10-,11-,12-,13+/m0/s1. The van der Waals surface area contributed by atoms with E-state index in [2.05, 4.69) is 0 Å². The van der Waals surface area contributed by atoms with Crippen molar-refractivity contribution in [2.45, 2.75) is 68.7 Å². The van der Waals surface area contributed by atoms with Crippen molar-refractivity contribution in [2.75, 3.05) is 0 Å². The predicted octanol–water partition coefficient (Wildman–Crippen LogP) is 2.25. The number of aliphatic hydroxyl groups is 1. The quantitative estimate of drug-likeness (QED) is 0.619. The summed E-state index contributed by atoms with van der Waals surface area (Å²) in [6.07, 6.45) is 10.0. The van der Waals surface area contributed by atoms with Crippen LogP contribution in [0.1, 0.15) is 51.4 Å². The predicted molar refractivity (Wildman–Crippen MR) is 56.5 cm³/mol. The fraction of sp³-hybridized carbons (Fsp3) is 1.00. The van der Waals surface area contributed by atoms with Crippen LogP contribution in [0.3, 0.4) is 0 Å². The van der Waals surface area contributed by atoms with Crippen LogP contribution in [-0.4, -0.2) is 22.4 Å². The first-order valence-corrected chi connectivity index (χ1v) is 6.66. The van der Waals surface area contributed by atoms with Crippen molar-refractivity contribution >= 4 is 0 Å². The third kappa shape index (κ3) is 0.898. The average Bonchev–Trinajstić information content (AvgIpc) is 2.88. The Morgan fingerprint density at radius 1 is 1.07 bits per heavy atom. The van der Waals surface area contributed by atoms with Gasteiger partial charge in [0.05, 0.1) is 11.7 Å². The van der Waals surface area contributed by atoms with Crippen LogP contribution in [0.25, 0.3) is 0 Å². The normalized spacial score (nSPS) is 61.8. The van der Waals surface area contributed by atoms with Gasteiger partial charge in [0.25, 0.3) is 0 Å². The smallest absolute Gasteiger partial charge is 0.103 e. The van der Waals surface area contributed by atoms with Gasteiger partial charge in [0.15, 0.2) is 0 Å². The molecule has 3 saturated carbocycles. The molecule has 4 aliphatic rings. The Bertz CT molecular complexity index is 303. The third-order valence-electron chi connectivity index (χ3n) is 5.66. The molecule has 1 aliphatic heterocycles. The van der Waals surface area contributed by atoms with E-state index in [4.69, 9.17) is 4.74 Å². The van der Waals surface area contributed by atoms with Crippen LogP contribution in [0.5, 0.6) is 0 Å². The Morgan fingerprint density at radius 3 is 2.87 bits per heavy atom. The SMILES string of the molecule is O[C@H]1C2CCC[C@@H]1[C@]13CCCC[C@@]1(C2)O3. The first-order chi connectivity index (χ1) is 7.28. The van der Waals surface area contributed by atoms with Gasteiger partial charge in [-0.25, -0.2) is 0 Å². The van der Waals surface area contributed by atoms with Crippen molar-refractivity contribution in [1.82, 2.24) is 0 Å². The summed E-state index contributed by atoms with van der Waals surface area (Å²) < 4.78 is 6.24. The van der Waals surface area contributed by atoms with E-state index in [1.807, 2.05) is 0 Å². The Balaban J connectivity index is 1.74. The molecule has 0 aromatic carbocycles. The first kappa shape index (κ1) is 9.00. The molecule has 15 heavy (non-hydrogen) atoms. The van der Waals surface area contributed by atoms with Crippen LogP contribution in [-0.2, 0) is 4.74 Å². The van der Waals surface area contributed by atoms with E-state index in [1.165, 1.54) is 44.9 Å². The number of hydrogen-bond donors (Lipinski definition) is 1. The molecular formula is C13H20O2. The summed E-state index contributed by atoms with van der Waals surface area (Å²) in [5.41, 5.74) is 0.377. The van der Waals surface area contributed by atoms with E-state index in [1.54, 1.807) is 0 Å². The molecule has 5 atom stereocenters. The van der Waals surface area contributed by atoms with Crippen molar-refractivity contribution in [1.29, 1.82) is 0 Å². The van der Waals surface area contributed by atoms with Crippen LogP contribution in [0.4, 0.5) is 0 Å². The van der Waals surface area contributed by atoms with E-state index < -0.39 is 0 Å². The lowest BCUT2D eigenvalue weighted by Crippen LogP contribution is -2.53. The Morgan fingerprint density at radius 2 is 1.93 bits per heavy atom. The highest BCUT2D eigenvalue weighted by Crippen LogP contribution is 2.70. The molecule has 1 N–H and O–H groups in total. The van der Waals surface area contributed by atoms with E-state index in [0.29, 0.717) is 11.8 Å². The van der Waals surface area contributed by atoms with E-state index >= 15 is 0 Å². The van der Waals surface area contributed by atoms with Crippen molar-refractivity contribution < 1.29 is 9.84 Å². The highest BCUT2D eigenvalue weighted by atomic mass is 16.6. The number of hydrogen-bond acceptors (Lipinski definition) is 2. The molecule has 3 aliphatic carbocycles. The molecule has 2 heteroatoms. The minimum atomic E-state index is -0.0486. The molecule has 2 nitrogen and oxygen atoms in total. The highest BCUT2D eigenvalue weighted by molar-refractivity contribution is 5.25. The number of ether oxygens (including phenoxy) is 1. The van der Waals surface area contributed by atoms with E-state index in [0.717, 1.165) is 6.42 Å². The second kappa shape index (κ2) is 2.60. The van der Waals surface area contributed by atoms with Crippen LogP contribution < -0.4 is 0 Å². The summed E-state index contributed by atoms with van der Waals surface area (Å²) in [4.78, 5) is 0. The molecule has 1 heterocycles. The van der Waals surface area contributed by atoms with Crippen LogP contribution >= 0.6 is 0 Å². The molecule has 4 rings (SSSR count).